The fourth-order valence-electron chi connectivity index (χ4n) is 3.97. The predicted molar refractivity (Wildman–Crippen MR) is 79.4 cm³/mol. The number of benzene rings is 1. The standard InChI is InChI=1S/C17H25NO2/c1-17(2)15(13-9-6-10-20-16(13)17)18-11-14(19)12-7-4-3-5-8-12/h3-5,7-8,13-16,18-19H,6,9-11H2,1-2H3. The van der Waals surface area contributed by atoms with E-state index < -0.39 is 6.10 Å². The van der Waals surface area contributed by atoms with Crippen molar-refractivity contribution in [2.45, 2.75) is 44.9 Å². The van der Waals surface area contributed by atoms with Gasteiger partial charge in [-0.1, -0.05) is 44.2 Å². The van der Waals surface area contributed by atoms with Crippen molar-refractivity contribution in [3.05, 3.63) is 35.9 Å². The summed E-state index contributed by atoms with van der Waals surface area (Å²) in [7, 11) is 0. The Bertz CT molecular complexity index is 446. The van der Waals surface area contributed by atoms with Gasteiger partial charge in [0.1, 0.15) is 0 Å². The van der Waals surface area contributed by atoms with Crippen molar-refractivity contribution in [1.29, 1.82) is 0 Å². The van der Waals surface area contributed by atoms with Gasteiger partial charge in [-0.15, -0.1) is 0 Å². The number of ether oxygens (including phenoxy) is 1. The Hall–Kier alpha value is -0.900. The maximum absolute atomic E-state index is 10.3. The molecule has 1 aliphatic heterocycles. The lowest BCUT2D eigenvalue weighted by molar-refractivity contribution is -0.193. The van der Waals surface area contributed by atoms with Gasteiger partial charge in [-0.2, -0.15) is 0 Å². The van der Waals surface area contributed by atoms with E-state index in [0.717, 1.165) is 18.6 Å². The number of hydrogen-bond acceptors (Lipinski definition) is 3. The molecule has 1 saturated carbocycles. The molecule has 110 valence electrons. The number of aliphatic hydroxyl groups is 1. The Labute approximate surface area is 121 Å². The minimum atomic E-state index is -0.435. The first kappa shape index (κ1) is 14.1. The molecule has 1 heterocycles. The molecule has 2 aliphatic rings. The molecule has 4 unspecified atom stereocenters. The first-order chi connectivity index (χ1) is 9.60. The van der Waals surface area contributed by atoms with Gasteiger partial charge in [0.05, 0.1) is 12.2 Å². The molecule has 0 bridgehead atoms. The van der Waals surface area contributed by atoms with Crippen LogP contribution >= 0.6 is 0 Å². The molecule has 3 rings (SSSR count). The van der Waals surface area contributed by atoms with Crippen molar-refractivity contribution in [3.63, 3.8) is 0 Å². The lowest BCUT2D eigenvalue weighted by Gasteiger charge is -2.60. The van der Waals surface area contributed by atoms with E-state index >= 15 is 0 Å². The zero-order valence-electron chi connectivity index (χ0n) is 12.4. The molecule has 2 fully saturated rings. The van der Waals surface area contributed by atoms with E-state index in [0.29, 0.717) is 24.6 Å². The van der Waals surface area contributed by atoms with E-state index in [1.807, 2.05) is 30.3 Å². The van der Waals surface area contributed by atoms with Crippen LogP contribution in [0.2, 0.25) is 0 Å². The summed E-state index contributed by atoms with van der Waals surface area (Å²) >= 11 is 0. The lowest BCUT2D eigenvalue weighted by atomic mass is 9.55. The zero-order chi connectivity index (χ0) is 14.2. The van der Waals surface area contributed by atoms with E-state index in [1.165, 1.54) is 6.42 Å². The molecule has 1 aromatic carbocycles. The van der Waals surface area contributed by atoms with Gasteiger partial charge in [-0.05, 0) is 18.4 Å². The summed E-state index contributed by atoms with van der Waals surface area (Å²) in [5.41, 5.74) is 1.15. The summed E-state index contributed by atoms with van der Waals surface area (Å²) in [4.78, 5) is 0. The van der Waals surface area contributed by atoms with Crippen molar-refractivity contribution >= 4 is 0 Å². The number of hydrogen-bond donors (Lipinski definition) is 2. The second-order valence-electron chi connectivity index (χ2n) is 6.73. The molecule has 4 atom stereocenters. The zero-order valence-corrected chi connectivity index (χ0v) is 12.4. The molecular weight excluding hydrogens is 250 g/mol. The molecular formula is C17H25NO2. The van der Waals surface area contributed by atoms with E-state index in [9.17, 15) is 5.11 Å². The van der Waals surface area contributed by atoms with Gasteiger partial charge in [0, 0.05) is 30.5 Å². The quantitative estimate of drug-likeness (QED) is 0.887. The summed E-state index contributed by atoms with van der Waals surface area (Å²) in [6.07, 6.45) is 2.36. The summed E-state index contributed by atoms with van der Waals surface area (Å²) in [5.74, 6) is 0.613. The molecule has 0 aromatic heterocycles. The molecule has 1 aliphatic carbocycles. The van der Waals surface area contributed by atoms with Crippen molar-refractivity contribution in [1.82, 2.24) is 5.32 Å². The molecule has 1 saturated heterocycles. The van der Waals surface area contributed by atoms with Crippen molar-refractivity contribution in [2.75, 3.05) is 13.2 Å². The molecule has 3 nitrogen and oxygen atoms in total. The highest BCUT2D eigenvalue weighted by Gasteiger charge is 2.57. The topological polar surface area (TPSA) is 41.5 Å². The van der Waals surface area contributed by atoms with Gasteiger partial charge in [0.25, 0.3) is 0 Å². The van der Waals surface area contributed by atoms with E-state index in [2.05, 4.69) is 19.2 Å². The number of nitrogens with one attached hydrogen (secondary N) is 1. The highest BCUT2D eigenvalue weighted by Crippen LogP contribution is 2.51. The SMILES string of the molecule is CC1(C)C(NCC(O)c2ccccc2)C2CCCOC21. The second-order valence-corrected chi connectivity index (χ2v) is 6.73. The number of aliphatic hydroxyl groups excluding tert-OH is 1. The van der Waals surface area contributed by atoms with Gasteiger partial charge in [0.15, 0.2) is 0 Å². The van der Waals surface area contributed by atoms with E-state index in [4.69, 9.17) is 4.74 Å². The monoisotopic (exact) mass is 275 g/mol. The van der Waals surface area contributed by atoms with Crippen LogP contribution in [0, 0.1) is 11.3 Å². The largest absolute Gasteiger partial charge is 0.387 e. The molecule has 0 amide bonds. The normalized spacial score (nSPS) is 33.0. The van der Waals surface area contributed by atoms with Gasteiger partial charge in [-0.3, -0.25) is 0 Å². The first-order valence-electron chi connectivity index (χ1n) is 7.68. The minimum absolute atomic E-state index is 0.168. The first-order valence-corrected chi connectivity index (χ1v) is 7.68. The summed E-state index contributed by atoms with van der Waals surface area (Å²) < 4.78 is 5.91. The fourth-order valence-corrected chi connectivity index (χ4v) is 3.97. The van der Waals surface area contributed by atoms with Gasteiger partial charge in [0.2, 0.25) is 0 Å². The third-order valence-electron chi connectivity index (χ3n) is 5.05. The molecule has 3 heteroatoms. The smallest absolute Gasteiger partial charge is 0.0914 e. The maximum atomic E-state index is 10.3. The molecule has 2 N–H and O–H groups in total. The third kappa shape index (κ3) is 2.39. The maximum Gasteiger partial charge on any atom is 0.0914 e. The number of fused-ring (bicyclic) bond motifs is 1. The predicted octanol–water partition coefficient (Wildman–Crippen LogP) is 2.51. The van der Waals surface area contributed by atoms with Crippen molar-refractivity contribution < 1.29 is 9.84 Å². The molecule has 0 spiro atoms. The Balaban J connectivity index is 1.58. The Morgan fingerprint density at radius 2 is 2.10 bits per heavy atom. The fraction of sp³-hybridized carbons (Fsp3) is 0.647. The summed E-state index contributed by atoms with van der Waals surface area (Å²) in [6.45, 7) is 6.06. The summed E-state index contributed by atoms with van der Waals surface area (Å²) in [6, 6.07) is 10.3. The van der Waals surface area contributed by atoms with Crippen LogP contribution in [0.4, 0.5) is 0 Å². The van der Waals surface area contributed by atoms with Crippen LogP contribution in [-0.4, -0.2) is 30.4 Å². The Morgan fingerprint density at radius 1 is 1.35 bits per heavy atom. The Morgan fingerprint density at radius 3 is 2.85 bits per heavy atom. The van der Waals surface area contributed by atoms with E-state index in [1.54, 1.807) is 0 Å². The second kappa shape index (κ2) is 5.47. The van der Waals surface area contributed by atoms with Crippen LogP contribution in [0.15, 0.2) is 30.3 Å². The van der Waals surface area contributed by atoms with Crippen LogP contribution in [0.25, 0.3) is 0 Å². The van der Waals surface area contributed by atoms with Crippen LogP contribution in [0.3, 0.4) is 0 Å². The highest BCUT2D eigenvalue weighted by molar-refractivity contribution is 5.18. The van der Waals surface area contributed by atoms with Crippen LogP contribution < -0.4 is 5.32 Å². The van der Waals surface area contributed by atoms with Crippen LogP contribution in [0.5, 0.6) is 0 Å². The molecule has 0 radical (unpaired) electrons. The van der Waals surface area contributed by atoms with Gasteiger partial charge < -0.3 is 15.2 Å². The van der Waals surface area contributed by atoms with Crippen LogP contribution in [0.1, 0.15) is 38.4 Å². The van der Waals surface area contributed by atoms with Crippen LogP contribution in [-0.2, 0) is 4.74 Å². The number of rotatable bonds is 4. The average molecular weight is 275 g/mol. The van der Waals surface area contributed by atoms with Gasteiger partial charge in [-0.25, -0.2) is 0 Å². The molecule has 20 heavy (non-hydrogen) atoms. The Kier molecular flexibility index (Phi) is 3.85. The van der Waals surface area contributed by atoms with Crippen molar-refractivity contribution in [3.8, 4) is 0 Å². The van der Waals surface area contributed by atoms with Crippen molar-refractivity contribution in [2.24, 2.45) is 11.3 Å². The minimum Gasteiger partial charge on any atom is -0.387 e. The van der Waals surface area contributed by atoms with E-state index in [-0.39, 0.29) is 5.41 Å². The highest BCUT2D eigenvalue weighted by atomic mass is 16.5. The lowest BCUT2D eigenvalue weighted by Crippen LogP contribution is -2.69. The third-order valence-corrected chi connectivity index (χ3v) is 5.05. The van der Waals surface area contributed by atoms with Gasteiger partial charge >= 0.3 is 0 Å². The summed E-state index contributed by atoms with van der Waals surface area (Å²) in [5, 5.41) is 13.8. The molecule has 1 aromatic rings. The average Bonchev–Trinajstić information content (AvgIpc) is 2.48.